The van der Waals surface area contributed by atoms with Crippen molar-refractivity contribution >= 4 is 40.2 Å². The highest BCUT2D eigenvalue weighted by Gasteiger charge is 2.54. The molecule has 2 fully saturated rings. The van der Waals surface area contributed by atoms with E-state index >= 15 is 0 Å². The average molecular weight is 549 g/mol. The standard InChI is InChI=1S/C30H44O5S2/c1-27(2,3)37-26(33)22(18-25-28(4,5)35-29(6,7)34-25)23-14-15-24(32)30(23,8)17-16-20(31)19-36-21-12-10-9-11-13-21/h9-13,22-23,25H,14-19H2,1-8H3/t22-,23-,25+,30+/m1/s1. The predicted molar refractivity (Wildman–Crippen MR) is 152 cm³/mol. The van der Waals surface area contributed by atoms with Gasteiger partial charge in [-0.25, -0.2) is 0 Å². The monoisotopic (exact) mass is 548 g/mol. The van der Waals surface area contributed by atoms with Crippen LogP contribution in [0.5, 0.6) is 0 Å². The molecular formula is C30H44O5S2. The molecule has 206 valence electrons. The maximum Gasteiger partial charge on any atom is 0.192 e. The van der Waals surface area contributed by atoms with E-state index in [-0.39, 0.29) is 39.4 Å². The third-order valence-electron chi connectivity index (χ3n) is 7.58. The molecule has 0 bridgehead atoms. The van der Waals surface area contributed by atoms with Crippen molar-refractivity contribution in [3.63, 3.8) is 0 Å². The van der Waals surface area contributed by atoms with Gasteiger partial charge in [-0.05, 0) is 65.0 Å². The van der Waals surface area contributed by atoms with Crippen LogP contribution >= 0.6 is 23.5 Å². The van der Waals surface area contributed by atoms with Crippen molar-refractivity contribution in [1.82, 2.24) is 0 Å². The molecule has 0 N–H and O–H groups in total. The van der Waals surface area contributed by atoms with Gasteiger partial charge in [0.1, 0.15) is 11.6 Å². The molecule has 1 saturated carbocycles. The summed E-state index contributed by atoms with van der Waals surface area (Å²) in [7, 11) is 0. The summed E-state index contributed by atoms with van der Waals surface area (Å²) in [5.74, 6) is -0.510. The van der Waals surface area contributed by atoms with E-state index in [2.05, 4.69) is 0 Å². The Bertz CT molecular complexity index is 981. The normalized spacial score (nSPS) is 27.8. The van der Waals surface area contributed by atoms with Crippen molar-refractivity contribution in [2.75, 3.05) is 5.75 Å². The lowest BCUT2D eigenvalue weighted by Crippen LogP contribution is -2.42. The minimum absolute atomic E-state index is 0.105. The molecule has 1 aliphatic heterocycles. The van der Waals surface area contributed by atoms with Gasteiger partial charge in [0.25, 0.3) is 0 Å². The van der Waals surface area contributed by atoms with Gasteiger partial charge in [0, 0.05) is 33.8 Å². The Morgan fingerprint density at radius 2 is 1.73 bits per heavy atom. The molecule has 2 aliphatic rings. The number of hydrogen-bond donors (Lipinski definition) is 0. The highest BCUT2D eigenvalue weighted by molar-refractivity contribution is 8.14. The molecule has 0 radical (unpaired) electrons. The SMILES string of the molecule is CC1(C)O[C@@H](C[C@@H](C(=O)SC(C)(C)C)[C@H]2CCC(=O)[C@@]2(C)CCC(=O)CSc2ccccc2)C(C)(C)O1. The van der Waals surface area contributed by atoms with Crippen LogP contribution in [-0.4, -0.2) is 44.7 Å². The molecule has 1 aromatic rings. The summed E-state index contributed by atoms with van der Waals surface area (Å²) in [5, 5.41) is 0.105. The number of thioether (sulfide) groups is 2. The Morgan fingerprint density at radius 3 is 2.30 bits per heavy atom. The molecule has 0 amide bonds. The fourth-order valence-corrected chi connectivity index (χ4v) is 7.63. The first-order valence-corrected chi connectivity index (χ1v) is 15.2. The summed E-state index contributed by atoms with van der Waals surface area (Å²) < 4.78 is 12.2. The van der Waals surface area contributed by atoms with E-state index in [4.69, 9.17) is 9.47 Å². The lowest BCUT2D eigenvalue weighted by Gasteiger charge is -2.38. The zero-order chi connectivity index (χ0) is 27.6. The Hall–Kier alpha value is -1.15. The first-order valence-electron chi connectivity index (χ1n) is 13.4. The van der Waals surface area contributed by atoms with Crippen LogP contribution in [0, 0.1) is 17.3 Å². The number of carbonyl (C=O) groups is 3. The third-order valence-corrected chi connectivity index (χ3v) is 9.77. The maximum absolute atomic E-state index is 13.8. The Labute approximate surface area is 231 Å². The Morgan fingerprint density at radius 1 is 1.08 bits per heavy atom. The topological polar surface area (TPSA) is 69.7 Å². The fraction of sp³-hybridized carbons (Fsp3) is 0.700. The number of ether oxygens (including phenoxy) is 2. The summed E-state index contributed by atoms with van der Waals surface area (Å²) in [5.41, 5.74) is -1.25. The molecule has 1 saturated heterocycles. The van der Waals surface area contributed by atoms with Crippen molar-refractivity contribution in [2.24, 2.45) is 17.3 Å². The van der Waals surface area contributed by atoms with Crippen LogP contribution in [-0.2, 0) is 23.9 Å². The van der Waals surface area contributed by atoms with Gasteiger partial charge in [-0.2, -0.15) is 0 Å². The second-order valence-corrected chi connectivity index (χ2v) is 15.6. The smallest absolute Gasteiger partial charge is 0.192 e. The molecule has 4 atom stereocenters. The molecule has 0 spiro atoms. The van der Waals surface area contributed by atoms with Gasteiger partial charge < -0.3 is 9.47 Å². The van der Waals surface area contributed by atoms with E-state index in [1.165, 1.54) is 23.5 Å². The quantitative estimate of drug-likeness (QED) is 0.289. The van der Waals surface area contributed by atoms with Crippen molar-refractivity contribution < 1.29 is 23.9 Å². The highest BCUT2D eigenvalue weighted by Crippen LogP contribution is 2.52. The molecule has 0 aromatic heterocycles. The van der Waals surface area contributed by atoms with E-state index in [1.54, 1.807) is 0 Å². The summed E-state index contributed by atoms with van der Waals surface area (Å²) in [6, 6.07) is 9.87. The van der Waals surface area contributed by atoms with E-state index in [1.807, 2.05) is 85.7 Å². The van der Waals surface area contributed by atoms with Crippen molar-refractivity contribution in [2.45, 2.75) is 115 Å². The minimum Gasteiger partial charge on any atom is -0.344 e. The van der Waals surface area contributed by atoms with E-state index in [0.29, 0.717) is 37.9 Å². The molecule has 1 heterocycles. The number of hydrogen-bond acceptors (Lipinski definition) is 7. The number of ketones is 2. The van der Waals surface area contributed by atoms with Crippen LogP contribution in [0.2, 0.25) is 0 Å². The van der Waals surface area contributed by atoms with Crippen LogP contribution in [0.4, 0.5) is 0 Å². The number of carbonyl (C=O) groups excluding carboxylic acids is 3. The van der Waals surface area contributed by atoms with Gasteiger partial charge in [0.2, 0.25) is 0 Å². The van der Waals surface area contributed by atoms with Gasteiger partial charge in [-0.15, -0.1) is 11.8 Å². The largest absolute Gasteiger partial charge is 0.344 e. The maximum atomic E-state index is 13.8. The second kappa shape index (κ2) is 11.5. The molecule has 5 nitrogen and oxygen atoms in total. The van der Waals surface area contributed by atoms with Gasteiger partial charge in [-0.3, -0.25) is 14.4 Å². The summed E-state index contributed by atoms with van der Waals surface area (Å²) in [6.07, 6.45) is 2.18. The first-order chi connectivity index (χ1) is 17.0. The highest BCUT2D eigenvalue weighted by atomic mass is 32.2. The minimum atomic E-state index is -0.726. The Balaban J connectivity index is 1.78. The van der Waals surface area contributed by atoms with Crippen LogP contribution in [0.25, 0.3) is 0 Å². The summed E-state index contributed by atoms with van der Waals surface area (Å²) in [4.78, 5) is 40.9. The van der Waals surface area contributed by atoms with Gasteiger partial charge in [0.05, 0.1) is 17.5 Å². The van der Waals surface area contributed by atoms with Crippen molar-refractivity contribution in [3.8, 4) is 0 Å². The van der Waals surface area contributed by atoms with E-state index in [0.717, 1.165) is 4.90 Å². The zero-order valence-electron chi connectivity index (χ0n) is 23.7. The molecule has 1 aromatic carbocycles. The molecule has 7 heteroatoms. The summed E-state index contributed by atoms with van der Waals surface area (Å²) in [6.45, 7) is 15.9. The summed E-state index contributed by atoms with van der Waals surface area (Å²) >= 11 is 2.88. The van der Waals surface area contributed by atoms with Crippen LogP contribution in [0.3, 0.4) is 0 Å². The van der Waals surface area contributed by atoms with Crippen LogP contribution in [0.1, 0.15) is 87.5 Å². The van der Waals surface area contributed by atoms with E-state index in [9.17, 15) is 14.4 Å². The van der Waals surface area contributed by atoms with E-state index < -0.39 is 16.8 Å². The molecule has 1 aliphatic carbocycles. The number of benzene rings is 1. The van der Waals surface area contributed by atoms with Gasteiger partial charge >= 0.3 is 0 Å². The third kappa shape index (κ3) is 7.93. The van der Waals surface area contributed by atoms with Crippen molar-refractivity contribution in [3.05, 3.63) is 30.3 Å². The van der Waals surface area contributed by atoms with Crippen molar-refractivity contribution in [1.29, 1.82) is 0 Å². The zero-order valence-corrected chi connectivity index (χ0v) is 25.4. The fourth-order valence-electron chi connectivity index (χ4n) is 5.79. The molecule has 37 heavy (non-hydrogen) atoms. The first kappa shape index (κ1) is 30.4. The molecular weight excluding hydrogens is 504 g/mol. The lowest BCUT2D eigenvalue weighted by atomic mass is 9.68. The van der Waals surface area contributed by atoms with Crippen LogP contribution in [0.15, 0.2) is 35.2 Å². The van der Waals surface area contributed by atoms with Gasteiger partial charge in [0.15, 0.2) is 10.9 Å². The average Bonchev–Trinajstić information content (AvgIpc) is 3.18. The number of Topliss-reactive ketones (excluding diaryl/α,β-unsaturated/α-hetero) is 2. The van der Waals surface area contributed by atoms with Gasteiger partial charge in [-0.1, -0.05) is 57.7 Å². The lowest BCUT2D eigenvalue weighted by molar-refractivity contribution is -0.158. The van der Waals surface area contributed by atoms with Crippen LogP contribution < -0.4 is 0 Å². The second-order valence-electron chi connectivity index (χ2n) is 12.7. The molecule has 3 rings (SSSR count). The predicted octanol–water partition coefficient (Wildman–Crippen LogP) is 7.11. The number of rotatable bonds is 10. The molecule has 0 unspecified atom stereocenters. The Kier molecular flexibility index (Phi) is 9.47.